The molecule has 6 heterocycles. The Morgan fingerprint density at radius 3 is 2.59 bits per heavy atom. The average Bonchev–Trinajstić information content (AvgIpc) is 4.02. The summed E-state index contributed by atoms with van der Waals surface area (Å²) in [5.41, 5.74) is 19.6. The molecular formula is C55H44N2O. The van der Waals surface area contributed by atoms with Crippen LogP contribution in [0.1, 0.15) is 84.4 Å². The van der Waals surface area contributed by atoms with E-state index in [0.29, 0.717) is 17.8 Å². The monoisotopic (exact) mass is 748 g/mol. The molecule has 5 aromatic carbocycles. The number of hydrogen-bond acceptors (Lipinski definition) is 2. The standard InChI is InChI=1S/C55H44N2O/c1-2-10-31(9-1)23-34-12-7-18-51-52(34)47-30-46-45-29-44-36-27-43(41-22-20-33-11-3-4-14-38(33)39-15-5-6-16-40(39)41)35(26-37-13-8-17-48(44)56-37)24-32-19-21-42-49(25-32)57(50(45)28-36)54(46)53(42)55(47)58-51/h3-8,12-19,21,25,27-31,33,35,41H,1-2,9-11,20,22-24,26H2/b43-27+. The van der Waals surface area contributed by atoms with Gasteiger partial charge in [0.25, 0.3) is 0 Å². The molecule has 3 atom stereocenters. The molecule has 1 saturated carbocycles. The van der Waals surface area contributed by atoms with Gasteiger partial charge in [0.15, 0.2) is 0 Å². The van der Waals surface area contributed by atoms with Crippen molar-refractivity contribution < 1.29 is 4.42 Å². The van der Waals surface area contributed by atoms with Gasteiger partial charge in [-0.15, -0.1) is 0 Å². The third-order valence-electron chi connectivity index (χ3n) is 15.3. The zero-order chi connectivity index (χ0) is 37.6. The van der Waals surface area contributed by atoms with Crippen LogP contribution in [0.2, 0.25) is 0 Å². The van der Waals surface area contributed by atoms with Gasteiger partial charge in [0, 0.05) is 44.1 Å². The Kier molecular flexibility index (Phi) is 6.54. The summed E-state index contributed by atoms with van der Waals surface area (Å²) < 4.78 is 9.61. The predicted molar refractivity (Wildman–Crippen MR) is 240 cm³/mol. The van der Waals surface area contributed by atoms with Crippen LogP contribution < -0.4 is 0 Å². The van der Waals surface area contributed by atoms with Crippen LogP contribution in [-0.4, -0.2) is 9.38 Å². The summed E-state index contributed by atoms with van der Waals surface area (Å²) in [6, 6.07) is 37.8. The first-order valence-corrected chi connectivity index (χ1v) is 22.0. The van der Waals surface area contributed by atoms with Crippen LogP contribution in [0.3, 0.4) is 0 Å². The van der Waals surface area contributed by atoms with E-state index in [1.807, 2.05) is 0 Å². The van der Waals surface area contributed by atoms with Gasteiger partial charge < -0.3 is 8.82 Å². The van der Waals surface area contributed by atoms with Gasteiger partial charge in [0.05, 0.1) is 27.6 Å². The molecule has 4 aromatic heterocycles. The number of allylic oxidation sites excluding steroid dienone is 5. The lowest BCUT2D eigenvalue weighted by molar-refractivity contribution is 0.504. The van der Waals surface area contributed by atoms with Gasteiger partial charge >= 0.3 is 0 Å². The maximum atomic E-state index is 7.02. The minimum atomic E-state index is 0.300. The Bertz CT molecular complexity index is 3320. The highest BCUT2D eigenvalue weighted by molar-refractivity contribution is 6.33. The topological polar surface area (TPSA) is 30.4 Å². The molecule has 58 heavy (non-hydrogen) atoms. The van der Waals surface area contributed by atoms with Crippen molar-refractivity contribution in [1.82, 2.24) is 9.38 Å². The lowest BCUT2D eigenvalue weighted by atomic mass is 9.75. The van der Waals surface area contributed by atoms with Crippen molar-refractivity contribution in [1.29, 1.82) is 0 Å². The molecule has 0 N–H and O–H groups in total. The minimum Gasteiger partial charge on any atom is -0.455 e. The van der Waals surface area contributed by atoms with E-state index in [9.17, 15) is 0 Å². The van der Waals surface area contributed by atoms with E-state index >= 15 is 0 Å². The van der Waals surface area contributed by atoms with Crippen LogP contribution in [0.5, 0.6) is 0 Å². The molecule has 3 aliphatic carbocycles. The van der Waals surface area contributed by atoms with Crippen LogP contribution in [0, 0.1) is 17.8 Å². The third kappa shape index (κ3) is 4.42. The second-order valence-electron chi connectivity index (χ2n) is 18.4. The lowest BCUT2D eigenvalue weighted by Crippen LogP contribution is -2.18. The maximum Gasteiger partial charge on any atom is 0.145 e. The van der Waals surface area contributed by atoms with Gasteiger partial charge in [-0.05, 0) is 132 Å². The summed E-state index contributed by atoms with van der Waals surface area (Å²) in [5.74, 6) is 1.97. The third-order valence-corrected chi connectivity index (χ3v) is 15.3. The normalized spacial score (nSPS) is 22.4. The molecule has 9 aromatic rings. The highest BCUT2D eigenvalue weighted by Gasteiger charge is 2.34. The highest BCUT2D eigenvalue weighted by Crippen LogP contribution is 2.51. The largest absolute Gasteiger partial charge is 0.455 e. The molecule has 0 saturated heterocycles. The zero-order valence-corrected chi connectivity index (χ0v) is 32.7. The summed E-state index contributed by atoms with van der Waals surface area (Å²) in [6.45, 7) is 0. The summed E-state index contributed by atoms with van der Waals surface area (Å²) in [6.07, 6.45) is 21.6. The fourth-order valence-corrected chi connectivity index (χ4v) is 12.7. The van der Waals surface area contributed by atoms with Crippen LogP contribution in [0.4, 0.5) is 0 Å². The Labute approximate surface area is 337 Å². The molecule has 5 aliphatic rings. The van der Waals surface area contributed by atoms with Gasteiger partial charge in [-0.3, -0.25) is 4.98 Å². The molecule has 0 radical (unpaired) electrons. The molecular weight excluding hydrogens is 705 g/mol. The van der Waals surface area contributed by atoms with Crippen molar-refractivity contribution in [3.8, 4) is 11.3 Å². The number of fused-ring (bicyclic) bond motifs is 14. The molecule has 14 rings (SSSR count). The number of nitrogens with zero attached hydrogens (tertiary/aromatic N) is 2. The number of rotatable bonds is 3. The van der Waals surface area contributed by atoms with Crippen LogP contribution in [0.25, 0.3) is 82.9 Å². The van der Waals surface area contributed by atoms with E-state index < -0.39 is 0 Å². The SMILES string of the molecule is C1=CCC2CCC(/C3=C/c4cc5c6cc4-c4cccc(n4)CC3Cc3ccc4c7c8oc9cccc(CC%10CCCC%10)c9c8cc6c7n5c4c3)c3ccccc3C2=C1. The predicted octanol–water partition coefficient (Wildman–Crippen LogP) is 14.2. The quantitative estimate of drug-likeness (QED) is 0.180. The van der Waals surface area contributed by atoms with Crippen molar-refractivity contribution in [2.75, 3.05) is 0 Å². The second-order valence-corrected chi connectivity index (χ2v) is 18.4. The summed E-state index contributed by atoms with van der Waals surface area (Å²) >= 11 is 0. The van der Waals surface area contributed by atoms with Crippen molar-refractivity contribution >= 4 is 71.7 Å². The van der Waals surface area contributed by atoms with Gasteiger partial charge in [-0.2, -0.15) is 0 Å². The molecule has 280 valence electrons. The molecule has 7 bridgehead atoms. The number of hydrogen-bond donors (Lipinski definition) is 0. The molecule has 3 unspecified atom stereocenters. The van der Waals surface area contributed by atoms with Gasteiger partial charge in [-0.1, -0.05) is 110 Å². The first-order valence-electron chi connectivity index (χ1n) is 22.0. The fourth-order valence-electron chi connectivity index (χ4n) is 12.7. The smallest absolute Gasteiger partial charge is 0.145 e. The van der Waals surface area contributed by atoms with Crippen molar-refractivity contribution in [3.05, 3.63) is 154 Å². The van der Waals surface area contributed by atoms with Crippen LogP contribution >= 0.6 is 0 Å². The second kappa shape index (κ2) is 11.8. The number of benzene rings is 5. The molecule has 1 fully saturated rings. The van der Waals surface area contributed by atoms with Gasteiger partial charge in [-0.25, -0.2) is 0 Å². The molecule has 3 nitrogen and oxygen atoms in total. The molecule has 0 amide bonds. The van der Waals surface area contributed by atoms with Gasteiger partial charge in [0.1, 0.15) is 11.2 Å². The summed E-state index contributed by atoms with van der Waals surface area (Å²) in [5, 5.41) is 7.75. The van der Waals surface area contributed by atoms with Gasteiger partial charge in [0.2, 0.25) is 0 Å². The van der Waals surface area contributed by atoms with E-state index in [0.717, 1.165) is 54.9 Å². The van der Waals surface area contributed by atoms with E-state index in [-0.39, 0.29) is 0 Å². The van der Waals surface area contributed by atoms with Crippen molar-refractivity contribution in [3.63, 3.8) is 0 Å². The average molecular weight is 749 g/mol. The van der Waals surface area contributed by atoms with E-state index in [4.69, 9.17) is 9.40 Å². The summed E-state index contributed by atoms with van der Waals surface area (Å²) in [7, 11) is 0. The minimum absolute atomic E-state index is 0.300. The highest BCUT2D eigenvalue weighted by atomic mass is 16.3. The molecule has 2 aliphatic heterocycles. The molecule has 3 heteroatoms. The Morgan fingerprint density at radius 1 is 0.707 bits per heavy atom. The first-order chi connectivity index (χ1) is 28.7. The van der Waals surface area contributed by atoms with Crippen molar-refractivity contribution in [2.24, 2.45) is 17.8 Å². The zero-order valence-electron chi connectivity index (χ0n) is 32.7. The van der Waals surface area contributed by atoms with E-state index in [1.165, 1.54) is 126 Å². The van der Waals surface area contributed by atoms with Crippen molar-refractivity contribution in [2.45, 2.75) is 70.1 Å². The number of pyridine rings is 1. The van der Waals surface area contributed by atoms with Crippen LogP contribution in [0.15, 0.2) is 125 Å². The van der Waals surface area contributed by atoms with E-state index in [1.54, 1.807) is 5.57 Å². The number of aromatic nitrogens is 2. The van der Waals surface area contributed by atoms with E-state index in [2.05, 4.69) is 126 Å². The number of furan rings is 1. The summed E-state index contributed by atoms with van der Waals surface area (Å²) in [4.78, 5) is 5.49. The maximum absolute atomic E-state index is 7.02. The Morgan fingerprint density at radius 2 is 1.62 bits per heavy atom. The van der Waals surface area contributed by atoms with Crippen LogP contribution in [-0.2, 0) is 19.3 Å². The fraction of sp³-hybridized carbons (Fsp3) is 0.255. The first kappa shape index (κ1) is 32.1. The Balaban J connectivity index is 1.09. The lowest BCUT2D eigenvalue weighted by Gasteiger charge is -2.29. The Hall–Kier alpha value is -5.93. The molecule has 0 spiro atoms.